The molecule has 3 aromatic rings. The van der Waals surface area contributed by atoms with E-state index in [0.29, 0.717) is 11.2 Å². The van der Waals surface area contributed by atoms with Crippen LogP contribution in [0, 0.1) is 6.92 Å². The molecule has 1 aliphatic rings. The van der Waals surface area contributed by atoms with Crippen molar-refractivity contribution in [3.8, 4) is 11.4 Å². The Morgan fingerprint density at radius 1 is 1.24 bits per heavy atom. The molecule has 1 aliphatic carbocycles. The third-order valence-corrected chi connectivity index (χ3v) is 5.86. The maximum Gasteiger partial charge on any atom is 0.323 e. The van der Waals surface area contributed by atoms with Gasteiger partial charge in [0.05, 0.1) is 5.39 Å². The molecule has 0 radical (unpaired) electrons. The minimum atomic E-state index is -1.04. The lowest BCUT2D eigenvalue weighted by Crippen LogP contribution is -2.27. The van der Waals surface area contributed by atoms with Crippen molar-refractivity contribution in [3.05, 3.63) is 50.6 Å². The quantitative estimate of drug-likeness (QED) is 0.782. The van der Waals surface area contributed by atoms with Crippen molar-refractivity contribution in [2.75, 3.05) is 0 Å². The van der Waals surface area contributed by atoms with Crippen LogP contribution in [0.3, 0.4) is 0 Å². The van der Waals surface area contributed by atoms with E-state index < -0.39 is 5.97 Å². The summed E-state index contributed by atoms with van der Waals surface area (Å²) in [5.41, 5.74) is 2.71. The predicted molar refractivity (Wildman–Crippen MR) is 98.3 cm³/mol. The molecule has 0 atom stereocenters. The molecule has 1 aromatic carbocycles. The Morgan fingerprint density at radius 3 is 2.68 bits per heavy atom. The molecule has 6 heteroatoms. The number of carboxylic acid groups (broad SMARTS) is 1. The lowest BCUT2D eigenvalue weighted by Gasteiger charge is -2.12. The third-order valence-electron chi connectivity index (χ3n) is 4.68. The van der Waals surface area contributed by atoms with Gasteiger partial charge in [0, 0.05) is 10.4 Å². The molecule has 0 spiro atoms. The van der Waals surface area contributed by atoms with Gasteiger partial charge < -0.3 is 5.11 Å². The van der Waals surface area contributed by atoms with Gasteiger partial charge in [-0.15, -0.1) is 11.3 Å². The fourth-order valence-electron chi connectivity index (χ4n) is 3.44. The van der Waals surface area contributed by atoms with Crippen LogP contribution < -0.4 is 5.56 Å². The number of thiophene rings is 1. The number of hydrogen-bond acceptors (Lipinski definition) is 4. The average molecular weight is 354 g/mol. The molecule has 0 fully saturated rings. The normalized spacial score (nSPS) is 13.8. The summed E-state index contributed by atoms with van der Waals surface area (Å²) in [4.78, 5) is 31.1. The Morgan fingerprint density at radius 2 is 1.96 bits per heavy atom. The minimum absolute atomic E-state index is 0.234. The fourth-order valence-corrected chi connectivity index (χ4v) is 4.70. The van der Waals surface area contributed by atoms with Crippen LogP contribution in [0.2, 0.25) is 0 Å². The van der Waals surface area contributed by atoms with E-state index in [2.05, 4.69) is 0 Å². The Hall–Kier alpha value is -2.47. The molecule has 2 aromatic heterocycles. The highest BCUT2D eigenvalue weighted by molar-refractivity contribution is 7.18. The molecule has 0 aliphatic heterocycles. The smallest absolute Gasteiger partial charge is 0.323 e. The first-order valence-corrected chi connectivity index (χ1v) is 9.20. The van der Waals surface area contributed by atoms with Crippen molar-refractivity contribution in [1.82, 2.24) is 9.55 Å². The van der Waals surface area contributed by atoms with Gasteiger partial charge in [0.15, 0.2) is 0 Å². The van der Waals surface area contributed by atoms with Crippen LogP contribution in [0.5, 0.6) is 0 Å². The minimum Gasteiger partial charge on any atom is -0.480 e. The van der Waals surface area contributed by atoms with Crippen LogP contribution >= 0.6 is 11.3 Å². The van der Waals surface area contributed by atoms with Crippen molar-refractivity contribution >= 4 is 27.5 Å². The molecule has 0 amide bonds. The van der Waals surface area contributed by atoms with Crippen LogP contribution in [0.15, 0.2) is 29.1 Å². The molecule has 5 nitrogen and oxygen atoms in total. The van der Waals surface area contributed by atoms with Crippen molar-refractivity contribution in [3.63, 3.8) is 0 Å². The van der Waals surface area contributed by atoms with Gasteiger partial charge in [-0.3, -0.25) is 14.2 Å². The van der Waals surface area contributed by atoms with Gasteiger partial charge >= 0.3 is 5.97 Å². The second-order valence-electron chi connectivity index (χ2n) is 6.48. The molecule has 1 N–H and O–H groups in total. The van der Waals surface area contributed by atoms with E-state index in [0.717, 1.165) is 47.2 Å². The van der Waals surface area contributed by atoms with Gasteiger partial charge in [-0.25, -0.2) is 4.98 Å². The number of rotatable bonds is 3. The number of aromatic nitrogens is 2. The first kappa shape index (κ1) is 16.0. The van der Waals surface area contributed by atoms with E-state index in [-0.39, 0.29) is 12.1 Å². The summed E-state index contributed by atoms with van der Waals surface area (Å²) in [6, 6.07) is 7.65. The Labute approximate surface area is 148 Å². The van der Waals surface area contributed by atoms with Crippen LogP contribution in [-0.4, -0.2) is 20.6 Å². The summed E-state index contributed by atoms with van der Waals surface area (Å²) in [7, 11) is 0. The first-order valence-electron chi connectivity index (χ1n) is 8.38. The molecule has 25 heavy (non-hydrogen) atoms. The molecule has 0 bridgehead atoms. The van der Waals surface area contributed by atoms with Crippen molar-refractivity contribution in [2.45, 2.75) is 39.2 Å². The molecular weight excluding hydrogens is 336 g/mol. The number of fused-ring (bicyclic) bond motifs is 3. The molecule has 0 saturated heterocycles. The number of hydrogen-bond donors (Lipinski definition) is 1. The third kappa shape index (κ3) is 2.76. The van der Waals surface area contributed by atoms with Crippen LogP contribution in [0.4, 0.5) is 0 Å². The SMILES string of the molecule is Cc1ccc(-c2nc3sc4c(c3c(=O)n2CC(=O)O)CCCC4)cc1. The lowest BCUT2D eigenvalue weighted by molar-refractivity contribution is -0.137. The lowest BCUT2D eigenvalue weighted by atomic mass is 9.97. The summed E-state index contributed by atoms with van der Waals surface area (Å²) in [5, 5.41) is 9.91. The van der Waals surface area contributed by atoms with Gasteiger partial charge in [0.1, 0.15) is 17.2 Å². The number of aryl methyl sites for hydroxylation is 3. The Balaban J connectivity index is 2.02. The monoisotopic (exact) mass is 354 g/mol. The second kappa shape index (κ2) is 6.11. The zero-order valence-corrected chi connectivity index (χ0v) is 14.7. The van der Waals surface area contributed by atoms with E-state index in [4.69, 9.17) is 4.98 Å². The molecule has 4 rings (SSSR count). The summed E-state index contributed by atoms with van der Waals surface area (Å²) < 4.78 is 1.30. The molecule has 2 heterocycles. The van der Waals surface area contributed by atoms with E-state index in [1.54, 1.807) is 11.3 Å². The van der Waals surface area contributed by atoms with Crippen molar-refractivity contribution in [2.24, 2.45) is 0 Å². The predicted octanol–water partition coefficient (Wildman–Crippen LogP) is 3.40. The maximum absolute atomic E-state index is 13.1. The number of carboxylic acids is 1. The summed E-state index contributed by atoms with van der Waals surface area (Å²) in [6.45, 7) is 1.60. The van der Waals surface area contributed by atoms with Gasteiger partial charge in [-0.2, -0.15) is 0 Å². The zero-order chi connectivity index (χ0) is 17.6. The first-order chi connectivity index (χ1) is 12.0. The second-order valence-corrected chi connectivity index (χ2v) is 7.56. The van der Waals surface area contributed by atoms with Crippen molar-refractivity contribution < 1.29 is 9.90 Å². The largest absolute Gasteiger partial charge is 0.480 e. The summed E-state index contributed by atoms with van der Waals surface area (Å²) in [6.07, 6.45) is 4.06. The maximum atomic E-state index is 13.1. The van der Waals surface area contributed by atoms with E-state index in [9.17, 15) is 14.7 Å². The Kier molecular flexibility index (Phi) is 3.92. The highest BCUT2D eigenvalue weighted by Gasteiger charge is 2.23. The van der Waals surface area contributed by atoms with Crippen LogP contribution in [0.1, 0.15) is 28.8 Å². The number of nitrogens with zero attached hydrogens (tertiary/aromatic N) is 2. The molecule has 0 unspecified atom stereocenters. The number of aliphatic carboxylic acids is 1. The summed E-state index contributed by atoms with van der Waals surface area (Å²) >= 11 is 1.58. The standard InChI is InChI=1S/C19H18N2O3S/c1-11-6-8-12(9-7-11)17-20-18-16(19(24)21(17)10-15(22)23)13-4-2-3-5-14(13)25-18/h6-9H,2-5,10H2,1H3,(H,22,23). The highest BCUT2D eigenvalue weighted by Crippen LogP contribution is 2.34. The van der Waals surface area contributed by atoms with Gasteiger partial charge in [0.25, 0.3) is 5.56 Å². The zero-order valence-electron chi connectivity index (χ0n) is 13.9. The topological polar surface area (TPSA) is 72.2 Å². The van der Waals surface area contributed by atoms with Crippen LogP contribution in [0.25, 0.3) is 21.6 Å². The molecule has 0 saturated carbocycles. The number of benzene rings is 1. The van der Waals surface area contributed by atoms with Crippen molar-refractivity contribution in [1.29, 1.82) is 0 Å². The highest BCUT2D eigenvalue weighted by atomic mass is 32.1. The summed E-state index contributed by atoms with van der Waals surface area (Å²) in [5.74, 6) is -0.612. The average Bonchev–Trinajstić information content (AvgIpc) is 2.96. The van der Waals surface area contributed by atoms with E-state index in [1.165, 1.54) is 9.44 Å². The fraction of sp³-hybridized carbons (Fsp3) is 0.316. The van der Waals surface area contributed by atoms with Gasteiger partial charge in [-0.05, 0) is 38.2 Å². The Bertz CT molecular complexity index is 1030. The molecule has 128 valence electrons. The van der Waals surface area contributed by atoms with Crippen LogP contribution in [-0.2, 0) is 24.2 Å². The van der Waals surface area contributed by atoms with E-state index in [1.807, 2.05) is 31.2 Å². The van der Waals surface area contributed by atoms with Gasteiger partial charge in [0.2, 0.25) is 0 Å². The van der Waals surface area contributed by atoms with Gasteiger partial charge in [-0.1, -0.05) is 29.8 Å². The van der Waals surface area contributed by atoms with E-state index >= 15 is 0 Å². The molecular formula is C19H18N2O3S. The number of carbonyl (C=O) groups is 1.